The van der Waals surface area contributed by atoms with E-state index in [0.29, 0.717) is 22.6 Å². The summed E-state index contributed by atoms with van der Waals surface area (Å²) in [6.07, 6.45) is -0.568. The molecule has 0 aliphatic rings. The molecule has 0 heterocycles. The molecule has 10 heteroatoms. The summed E-state index contributed by atoms with van der Waals surface area (Å²) in [5.74, 6) is -0.358. The molecule has 0 spiro atoms. The Hall–Kier alpha value is -4.05. The third kappa shape index (κ3) is 7.23. The molecule has 2 amide bonds. The van der Waals surface area contributed by atoms with Crippen LogP contribution in [0.4, 0.5) is 27.5 Å². The summed E-state index contributed by atoms with van der Waals surface area (Å²) < 4.78 is 32.6. The largest absolute Gasteiger partial charge is 0.444 e. The van der Waals surface area contributed by atoms with Crippen molar-refractivity contribution in [3.05, 3.63) is 78.4 Å². The van der Waals surface area contributed by atoms with Crippen LogP contribution in [0, 0.1) is 0 Å². The second-order valence-corrected chi connectivity index (χ2v) is 11.5. The Morgan fingerprint density at radius 1 is 0.784 bits per heavy atom. The molecule has 196 valence electrons. The number of rotatable bonds is 7. The number of nitrogens with zero attached hydrogens (tertiary/aromatic N) is 2. The Morgan fingerprint density at radius 2 is 1.35 bits per heavy atom. The van der Waals surface area contributed by atoms with Crippen LogP contribution >= 0.6 is 0 Å². The molecular weight excluding hydrogens is 492 g/mol. The standard InChI is InChI=1S/C27H32N4O5S/c1-27(2,3)36-26(33)29-21-14-12-20(13-15-21)28-25(32)19-10-16-22(17-11-19)31(6)37(34,35)24-9-7-8-23(18-24)30(4)5/h7-18H,1-6H3,(H,28,32)(H,29,33). The van der Waals surface area contributed by atoms with Gasteiger partial charge in [-0.2, -0.15) is 0 Å². The molecule has 0 aliphatic heterocycles. The molecule has 0 unspecified atom stereocenters. The minimum atomic E-state index is -3.79. The molecule has 0 fully saturated rings. The zero-order valence-electron chi connectivity index (χ0n) is 21.8. The molecule has 0 atom stereocenters. The van der Waals surface area contributed by atoms with E-state index >= 15 is 0 Å². The number of ether oxygens (including phenoxy) is 1. The Morgan fingerprint density at radius 3 is 1.89 bits per heavy atom. The number of carbonyl (C=O) groups excluding carboxylic acids is 2. The number of nitrogens with one attached hydrogen (secondary N) is 2. The monoisotopic (exact) mass is 524 g/mol. The van der Waals surface area contributed by atoms with Crippen LogP contribution in [-0.4, -0.2) is 47.2 Å². The zero-order valence-corrected chi connectivity index (χ0v) is 22.6. The third-order valence-corrected chi connectivity index (χ3v) is 7.06. The van der Waals surface area contributed by atoms with Crippen molar-refractivity contribution in [2.24, 2.45) is 0 Å². The van der Waals surface area contributed by atoms with Crippen LogP contribution in [0.3, 0.4) is 0 Å². The van der Waals surface area contributed by atoms with Gasteiger partial charge in [-0.25, -0.2) is 13.2 Å². The topological polar surface area (TPSA) is 108 Å². The van der Waals surface area contributed by atoms with Gasteiger partial charge in [0.05, 0.1) is 10.6 Å². The van der Waals surface area contributed by atoms with Gasteiger partial charge in [-0.1, -0.05) is 6.07 Å². The van der Waals surface area contributed by atoms with Gasteiger partial charge in [0.25, 0.3) is 15.9 Å². The highest BCUT2D eigenvalue weighted by Crippen LogP contribution is 2.25. The average Bonchev–Trinajstić information content (AvgIpc) is 2.83. The van der Waals surface area contributed by atoms with Gasteiger partial charge in [-0.15, -0.1) is 0 Å². The predicted octanol–water partition coefficient (Wildman–Crippen LogP) is 5.18. The molecule has 0 saturated heterocycles. The second-order valence-electron chi connectivity index (χ2n) is 9.57. The van der Waals surface area contributed by atoms with E-state index in [1.165, 1.54) is 11.4 Å². The number of amides is 2. The van der Waals surface area contributed by atoms with Crippen molar-refractivity contribution in [2.45, 2.75) is 31.3 Å². The summed E-state index contributed by atoms with van der Waals surface area (Å²) in [6.45, 7) is 5.33. The van der Waals surface area contributed by atoms with Crippen LogP contribution in [0.5, 0.6) is 0 Å². The molecule has 0 bridgehead atoms. The van der Waals surface area contributed by atoms with Crippen molar-refractivity contribution in [3.63, 3.8) is 0 Å². The normalized spacial score (nSPS) is 11.4. The molecule has 3 aromatic carbocycles. The minimum absolute atomic E-state index is 0.174. The molecular formula is C27H32N4O5S. The lowest BCUT2D eigenvalue weighted by Crippen LogP contribution is -2.27. The summed E-state index contributed by atoms with van der Waals surface area (Å²) >= 11 is 0. The molecule has 3 rings (SSSR count). The van der Waals surface area contributed by atoms with Crippen molar-refractivity contribution in [1.82, 2.24) is 0 Å². The Labute approximate surface area is 218 Å². The average molecular weight is 525 g/mol. The quantitative estimate of drug-likeness (QED) is 0.441. The van der Waals surface area contributed by atoms with Gasteiger partial charge in [-0.3, -0.25) is 14.4 Å². The number of carbonyl (C=O) groups is 2. The first-order chi connectivity index (χ1) is 17.3. The van der Waals surface area contributed by atoms with Gasteiger partial charge in [0.1, 0.15) is 5.60 Å². The number of hydrogen-bond acceptors (Lipinski definition) is 6. The van der Waals surface area contributed by atoms with Crippen LogP contribution in [0.1, 0.15) is 31.1 Å². The summed E-state index contributed by atoms with van der Waals surface area (Å²) in [5, 5.41) is 5.41. The highest BCUT2D eigenvalue weighted by Gasteiger charge is 2.22. The summed E-state index contributed by atoms with van der Waals surface area (Å²) in [7, 11) is 1.37. The van der Waals surface area contributed by atoms with Crippen LogP contribution < -0.4 is 19.8 Å². The molecule has 2 N–H and O–H groups in total. The van der Waals surface area contributed by atoms with E-state index in [1.807, 2.05) is 25.1 Å². The fraction of sp³-hybridized carbons (Fsp3) is 0.259. The highest BCUT2D eigenvalue weighted by molar-refractivity contribution is 7.92. The first-order valence-electron chi connectivity index (χ1n) is 11.5. The van der Waals surface area contributed by atoms with Gasteiger partial charge in [0.2, 0.25) is 0 Å². The van der Waals surface area contributed by atoms with Crippen molar-refractivity contribution < 1.29 is 22.7 Å². The summed E-state index contributed by atoms with van der Waals surface area (Å²) in [6, 6.07) is 19.6. The SMILES string of the molecule is CN(C)c1cccc(S(=O)(=O)N(C)c2ccc(C(=O)Nc3ccc(NC(=O)OC(C)(C)C)cc3)cc2)c1. The lowest BCUT2D eigenvalue weighted by atomic mass is 10.2. The smallest absolute Gasteiger partial charge is 0.412 e. The molecule has 0 radical (unpaired) electrons. The highest BCUT2D eigenvalue weighted by atomic mass is 32.2. The first kappa shape index (κ1) is 27.5. The predicted molar refractivity (Wildman–Crippen MR) is 147 cm³/mol. The van der Waals surface area contributed by atoms with E-state index in [0.717, 1.165) is 5.69 Å². The first-order valence-corrected chi connectivity index (χ1v) is 13.0. The Balaban J connectivity index is 1.66. The Kier molecular flexibility index (Phi) is 8.12. The van der Waals surface area contributed by atoms with Crippen molar-refractivity contribution in [2.75, 3.05) is 41.0 Å². The number of sulfonamides is 1. The maximum absolute atomic E-state index is 13.1. The van der Waals surface area contributed by atoms with E-state index in [9.17, 15) is 18.0 Å². The van der Waals surface area contributed by atoms with E-state index in [-0.39, 0.29) is 10.8 Å². The molecule has 0 saturated carbocycles. The van der Waals surface area contributed by atoms with Crippen molar-refractivity contribution >= 4 is 44.8 Å². The van der Waals surface area contributed by atoms with E-state index in [1.54, 1.807) is 87.5 Å². The van der Waals surface area contributed by atoms with Gasteiger partial charge in [0.15, 0.2) is 0 Å². The minimum Gasteiger partial charge on any atom is -0.444 e. The van der Waals surface area contributed by atoms with Crippen molar-refractivity contribution in [3.8, 4) is 0 Å². The molecule has 37 heavy (non-hydrogen) atoms. The van der Waals surface area contributed by atoms with E-state index < -0.39 is 21.7 Å². The van der Waals surface area contributed by atoms with E-state index in [4.69, 9.17) is 4.74 Å². The fourth-order valence-corrected chi connectivity index (χ4v) is 4.54. The van der Waals surface area contributed by atoms with Gasteiger partial charge in [0, 0.05) is 43.8 Å². The molecule has 0 aliphatic carbocycles. The van der Waals surface area contributed by atoms with Crippen LogP contribution in [-0.2, 0) is 14.8 Å². The van der Waals surface area contributed by atoms with Crippen LogP contribution in [0.25, 0.3) is 0 Å². The van der Waals surface area contributed by atoms with Crippen LogP contribution in [0.2, 0.25) is 0 Å². The molecule has 9 nitrogen and oxygen atoms in total. The fourth-order valence-electron chi connectivity index (χ4n) is 3.30. The molecule has 0 aromatic heterocycles. The number of benzene rings is 3. The Bertz CT molecular complexity index is 1360. The maximum atomic E-state index is 13.1. The van der Waals surface area contributed by atoms with E-state index in [2.05, 4.69) is 10.6 Å². The lowest BCUT2D eigenvalue weighted by Gasteiger charge is -2.21. The summed E-state index contributed by atoms with van der Waals surface area (Å²) in [4.78, 5) is 26.6. The maximum Gasteiger partial charge on any atom is 0.412 e. The lowest BCUT2D eigenvalue weighted by molar-refractivity contribution is 0.0635. The van der Waals surface area contributed by atoms with Gasteiger partial charge in [-0.05, 0) is 87.5 Å². The molecule has 3 aromatic rings. The van der Waals surface area contributed by atoms with Crippen molar-refractivity contribution in [1.29, 1.82) is 0 Å². The van der Waals surface area contributed by atoms with Gasteiger partial charge < -0.3 is 15.0 Å². The van der Waals surface area contributed by atoms with Crippen LogP contribution in [0.15, 0.2) is 77.7 Å². The third-order valence-electron chi connectivity index (χ3n) is 5.27. The zero-order chi connectivity index (χ0) is 27.4. The van der Waals surface area contributed by atoms with Gasteiger partial charge >= 0.3 is 6.09 Å². The number of hydrogen-bond donors (Lipinski definition) is 2. The number of anilines is 4. The second kappa shape index (κ2) is 10.9. The summed E-state index contributed by atoms with van der Waals surface area (Å²) in [5.41, 5.74) is 2.00.